The first kappa shape index (κ1) is 18.1. The van der Waals surface area contributed by atoms with Gasteiger partial charge in [-0.2, -0.15) is 0 Å². The highest BCUT2D eigenvalue weighted by atomic mass is 79.9. The molecule has 0 heterocycles. The zero-order valence-corrected chi connectivity index (χ0v) is 14.7. The van der Waals surface area contributed by atoms with Crippen LogP contribution in [0.15, 0.2) is 46.9 Å². The first-order valence-corrected chi connectivity index (χ1v) is 8.24. The number of hydrogen-bond acceptors (Lipinski definition) is 2. The van der Waals surface area contributed by atoms with Crippen LogP contribution in [0.25, 0.3) is 0 Å². The summed E-state index contributed by atoms with van der Waals surface area (Å²) >= 11 is 3.33. The maximum Gasteiger partial charge on any atom is 0.394 e. The average molecular weight is 394 g/mol. The number of carbonyl (C=O) groups is 2. The first-order chi connectivity index (χ1) is 11.4. The van der Waals surface area contributed by atoms with Crippen LogP contribution in [-0.2, 0) is 29.1 Å². The summed E-state index contributed by atoms with van der Waals surface area (Å²) in [6.07, 6.45) is 0.598. The Morgan fingerprint density at radius 2 is 1.75 bits per heavy atom. The van der Waals surface area contributed by atoms with E-state index in [2.05, 4.69) is 15.9 Å². The van der Waals surface area contributed by atoms with Crippen LogP contribution in [0.5, 0.6) is 0 Å². The maximum absolute atomic E-state index is 13.4. The normalized spacial score (nSPS) is 10.5. The highest BCUT2D eigenvalue weighted by Crippen LogP contribution is 2.18. The third-order valence-electron chi connectivity index (χ3n) is 3.67. The van der Waals surface area contributed by atoms with Gasteiger partial charge in [0.2, 0.25) is 0 Å². The van der Waals surface area contributed by atoms with Crippen LogP contribution in [-0.4, -0.2) is 21.9 Å². The third kappa shape index (κ3) is 4.64. The molecular formula is C18H17BrFNO3. The molecule has 0 aliphatic heterocycles. The fraction of sp³-hybridized carbons (Fsp3) is 0.222. The van der Waals surface area contributed by atoms with Gasteiger partial charge < -0.3 is 10.0 Å². The highest BCUT2D eigenvalue weighted by molar-refractivity contribution is 9.10. The number of nitrogens with zero attached hydrogens (tertiary/aromatic N) is 1. The number of carbonyl (C=O) groups excluding carboxylic acids is 1. The fourth-order valence-electron chi connectivity index (χ4n) is 2.43. The van der Waals surface area contributed by atoms with Crippen LogP contribution in [0.3, 0.4) is 0 Å². The summed E-state index contributed by atoms with van der Waals surface area (Å²) in [5.41, 5.74) is 2.31. The summed E-state index contributed by atoms with van der Waals surface area (Å²) in [7, 11) is 0. The fourth-order valence-corrected chi connectivity index (χ4v) is 2.69. The second-order valence-corrected chi connectivity index (χ2v) is 6.28. The molecule has 0 spiro atoms. The van der Waals surface area contributed by atoms with E-state index in [9.17, 15) is 14.0 Å². The highest BCUT2D eigenvalue weighted by Gasteiger charge is 2.22. The quantitative estimate of drug-likeness (QED) is 0.786. The van der Waals surface area contributed by atoms with Crippen molar-refractivity contribution in [2.45, 2.75) is 26.4 Å². The number of carboxylic acids is 1. The topological polar surface area (TPSA) is 57.6 Å². The Bertz CT molecular complexity index is 746. The van der Waals surface area contributed by atoms with Crippen molar-refractivity contribution < 1.29 is 19.1 Å². The Morgan fingerprint density at radius 1 is 1.08 bits per heavy atom. The number of benzene rings is 2. The van der Waals surface area contributed by atoms with Gasteiger partial charge in [-0.3, -0.25) is 4.79 Å². The second kappa shape index (κ2) is 8.06. The van der Waals surface area contributed by atoms with Gasteiger partial charge in [0.1, 0.15) is 5.82 Å². The molecule has 4 nitrogen and oxygen atoms in total. The van der Waals surface area contributed by atoms with E-state index in [1.807, 2.05) is 31.2 Å². The molecule has 0 aliphatic rings. The summed E-state index contributed by atoms with van der Waals surface area (Å²) in [4.78, 5) is 24.4. The van der Waals surface area contributed by atoms with E-state index in [4.69, 9.17) is 5.11 Å². The minimum Gasteiger partial charge on any atom is -0.474 e. The standard InChI is InChI=1S/C18H17BrFNO3/c1-2-13-9-16(20)8-5-14(13)11-21(17(22)18(23)24)10-12-3-6-15(19)7-4-12/h3-9H,2,10-11H2,1H3,(H,23,24). The van der Waals surface area contributed by atoms with Gasteiger partial charge in [0.15, 0.2) is 0 Å². The van der Waals surface area contributed by atoms with Gasteiger partial charge in [-0.15, -0.1) is 0 Å². The van der Waals surface area contributed by atoms with Crippen LogP contribution in [0, 0.1) is 5.82 Å². The predicted molar refractivity (Wildman–Crippen MR) is 91.8 cm³/mol. The van der Waals surface area contributed by atoms with Crippen LogP contribution >= 0.6 is 15.9 Å². The van der Waals surface area contributed by atoms with Gasteiger partial charge in [-0.1, -0.05) is 41.1 Å². The monoisotopic (exact) mass is 393 g/mol. The predicted octanol–water partition coefficient (Wildman–Crippen LogP) is 3.76. The molecule has 2 aromatic rings. The van der Waals surface area contributed by atoms with Crippen LogP contribution in [0.1, 0.15) is 23.6 Å². The molecule has 0 radical (unpaired) electrons. The molecule has 0 unspecified atom stereocenters. The third-order valence-corrected chi connectivity index (χ3v) is 4.20. The smallest absolute Gasteiger partial charge is 0.394 e. The summed E-state index contributed by atoms with van der Waals surface area (Å²) < 4.78 is 14.3. The lowest BCUT2D eigenvalue weighted by Crippen LogP contribution is -2.35. The van der Waals surface area contributed by atoms with Crippen molar-refractivity contribution in [3.8, 4) is 0 Å². The van der Waals surface area contributed by atoms with Crippen molar-refractivity contribution in [1.82, 2.24) is 4.90 Å². The zero-order valence-electron chi connectivity index (χ0n) is 13.1. The molecule has 0 saturated carbocycles. The molecular weight excluding hydrogens is 377 g/mol. The van der Waals surface area contributed by atoms with Gasteiger partial charge in [0.05, 0.1) is 0 Å². The summed E-state index contributed by atoms with van der Waals surface area (Å²) in [6.45, 7) is 2.17. The van der Waals surface area contributed by atoms with Crippen LogP contribution in [0.2, 0.25) is 0 Å². The van der Waals surface area contributed by atoms with Crippen molar-refractivity contribution in [3.05, 3.63) is 69.4 Å². The molecule has 2 rings (SSSR count). The van der Waals surface area contributed by atoms with Crippen LogP contribution in [0.4, 0.5) is 4.39 Å². The molecule has 126 valence electrons. The number of rotatable bonds is 5. The first-order valence-electron chi connectivity index (χ1n) is 7.44. The molecule has 6 heteroatoms. The molecule has 0 fully saturated rings. The summed E-state index contributed by atoms with van der Waals surface area (Å²) in [6, 6.07) is 11.6. The van der Waals surface area contributed by atoms with E-state index < -0.39 is 11.9 Å². The number of halogens is 2. The molecule has 24 heavy (non-hydrogen) atoms. The zero-order chi connectivity index (χ0) is 17.7. The number of aryl methyl sites for hydroxylation is 1. The Balaban J connectivity index is 2.28. The average Bonchev–Trinajstić information content (AvgIpc) is 2.56. The molecule has 0 atom stereocenters. The van der Waals surface area contributed by atoms with Crippen molar-refractivity contribution in [2.75, 3.05) is 0 Å². The number of aliphatic carboxylic acids is 1. The lowest BCUT2D eigenvalue weighted by atomic mass is 10.0. The Morgan fingerprint density at radius 3 is 2.33 bits per heavy atom. The SMILES string of the molecule is CCc1cc(F)ccc1CN(Cc1ccc(Br)cc1)C(=O)C(=O)O. The maximum atomic E-state index is 13.4. The van der Waals surface area contributed by atoms with Crippen molar-refractivity contribution >= 4 is 27.8 Å². The van der Waals surface area contributed by atoms with E-state index in [0.717, 1.165) is 21.2 Å². The second-order valence-electron chi connectivity index (χ2n) is 5.36. The van der Waals surface area contributed by atoms with Gasteiger partial charge in [-0.05, 0) is 47.4 Å². The largest absolute Gasteiger partial charge is 0.474 e. The minimum atomic E-state index is -1.51. The molecule has 2 aromatic carbocycles. The Hall–Kier alpha value is -2.21. The van der Waals surface area contributed by atoms with E-state index in [0.29, 0.717) is 6.42 Å². The Labute approximate surface area is 148 Å². The van der Waals surface area contributed by atoms with E-state index >= 15 is 0 Å². The van der Waals surface area contributed by atoms with Gasteiger partial charge in [0.25, 0.3) is 0 Å². The summed E-state index contributed by atoms with van der Waals surface area (Å²) in [5, 5.41) is 9.06. The molecule has 0 saturated heterocycles. The van der Waals surface area contributed by atoms with E-state index in [1.165, 1.54) is 17.0 Å². The molecule has 1 amide bonds. The molecule has 0 aliphatic carbocycles. The Kier molecular flexibility index (Phi) is 6.09. The van der Waals surface area contributed by atoms with Crippen molar-refractivity contribution in [3.63, 3.8) is 0 Å². The number of hydrogen-bond donors (Lipinski definition) is 1. The van der Waals surface area contributed by atoms with E-state index in [-0.39, 0.29) is 18.9 Å². The van der Waals surface area contributed by atoms with Gasteiger partial charge >= 0.3 is 11.9 Å². The minimum absolute atomic E-state index is 0.116. The van der Waals surface area contributed by atoms with Crippen LogP contribution < -0.4 is 0 Å². The lowest BCUT2D eigenvalue weighted by Gasteiger charge is -2.22. The molecule has 0 bridgehead atoms. The number of carboxylic acid groups (broad SMARTS) is 1. The van der Waals surface area contributed by atoms with Crippen molar-refractivity contribution in [2.24, 2.45) is 0 Å². The molecule has 1 N–H and O–H groups in total. The van der Waals surface area contributed by atoms with E-state index in [1.54, 1.807) is 6.07 Å². The van der Waals surface area contributed by atoms with Gasteiger partial charge in [-0.25, -0.2) is 9.18 Å². The van der Waals surface area contributed by atoms with Crippen molar-refractivity contribution in [1.29, 1.82) is 0 Å². The molecule has 0 aromatic heterocycles. The van der Waals surface area contributed by atoms with Gasteiger partial charge in [0, 0.05) is 17.6 Å². The summed E-state index contributed by atoms with van der Waals surface area (Å²) in [5.74, 6) is -2.84. The number of amides is 1. The lowest BCUT2D eigenvalue weighted by molar-refractivity contribution is -0.156.